The van der Waals surface area contributed by atoms with E-state index in [1.54, 1.807) is 0 Å². The lowest BCUT2D eigenvalue weighted by molar-refractivity contribution is 0.561. The van der Waals surface area contributed by atoms with Crippen molar-refractivity contribution in [3.8, 4) is 0 Å². The molecule has 0 bridgehead atoms. The fourth-order valence-corrected chi connectivity index (χ4v) is 3.73. The first-order valence-corrected chi connectivity index (χ1v) is 5.62. The van der Waals surface area contributed by atoms with Crippen LogP contribution in [-0.4, -0.2) is 20.7 Å². The monoisotopic (exact) mass is 175 g/mol. The van der Waals surface area contributed by atoms with Crippen LogP contribution < -0.4 is 4.72 Å². The lowest BCUT2D eigenvalue weighted by Crippen LogP contribution is -2.31. The summed E-state index contributed by atoms with van der Waals surface area (Å²) in [6.45, 7) is 0. The highest BCUT2D eigenvalue weighted by atomic mass is 32.2. The Labute approximate surface area is 67.2 Å². The standard InChI is InChI=1S/C7H13NO2S/c1-8-11(9,10)7-3-2-5-4-6(5)7/h5-8H,2-4H2,1H3. The first-order valence-electron chi connectivity index (χ1n) is 4.07. The van der Waals surface area contributed by atoms with Gasteiger partial charge in [-0.25, -0.2) is 13.1 Å². The molecule has 3 nitrogen and oxygen atoms in total. The molecule has 3 atom stereocenters. The van der Waals surface area contributed by atoms with Crippen LogP contribution >= 0.6 is 0 Å². The minimum Gasteiger partial charge on any atom is -0.218 e. The summed E-state index contributed by atoms with van der Waals surface area (Å²) < 4.78 is 25.1. The number of rotatable bonds is 2. The molecule has 0 saturated heterocycles. The van der Waals surface area contributed by atoms with Gasteiger partial charge < -0.3 is 0 Å². The van der Waals surface area contributed by atoms with E-state index in [0.717, 1.165) is 25.2 Å². The summed E-state index contributed by atoms with van der Waals surface area (Å²) in [6.07, 6.45) is 3.14. The van der Waals surface area contributed by atoms with Crippen LogP contribution in [0.5, 0.6) is 0 Å². The van der Waals surface area contributed by atoms with Crippen molar-refractivity contribution < 1.29 is 8.42 Å². The van der Waals surface area contributed by atoms with Gasteiger partial charge in [-0.15, -0.1) is 0 Å². The minimum absolute atomic E-state index is 0.0718. The maximum atomic E-state index is 11.3. The van der Waals surface area contributed by atoms with E-state index in [-0.39, 0.29) is 5.25 Å². The molecule has 2 aliphatic carbocycles. The van der Waals surface area contributed by atoms with Gasteiger partial charge in [-0.2, -0.15) is 0 Å². The second kappa shape index (κ2) is 2.20. The molecule has 0 aromatic rings. The van der Waals surface area contributed by atoms with Gasteiger partial charge in [0.25, 0.3) is 0 Å². The van der Waals surface area contributed by atoms with E-state index in [1.807, 2.05) is 0 Å². The van der Waals surface area contributed by atoms with E-state index in [0.29, 0.717) is 5.92 Å². The molecular weight excluding hydrogens is 162 g/mol. The average molecular weight is 175 g/mol. The predicted molar refractivity (Wildman–Crippen MR) is 42.6 cm³/mol. The van der Waals surface area contributed by atoms with E-state index in [9.17, 15) is 8.42 Å². The van der Waals surface area contributed by atoms with Crippen LogP contribution in [0, 0.1) is 11.8 Å². The number of nitrogens with one attached hydrogen (secondary N) is 1. The van der Waals surface area contributed by atoms with Crippen molar-refractivity contribution in [1.29, 1.82) is 0 Å². The molecule has 0 amide bonds. The summed E-state index contributed by atoms with van der Waals surface area (Å²) >= 11 is 0. The molecule has 64 valence electrons. The van der Waals surface area contributed by atoms with Crippen molar-refractivity contribution in [2.75, 3.05) is 7.05 Å². The molecule has 2 saturated carbocycles. The maximum Gasteiger partial charge on any atom is 0.214 e. The van der Waals surface area contributed by atoms with Gasteiger partial charge in [0, 0.05) is 0 Å². The third kappa shape index (κ3) is 1.08. The van der Waals surface area contributed by atoms with Crippen LogP contribution in [0.3, 0.4) is 0 Å². The first-order chi connectivity index (χ1) is 5.15. The number of hydrogen-bond donors (Lipinski definition) is 1. The van der Waals surface area contributed by atoms with Gasteiger partial charge in [0.05, 0.1) is 5.25 Å². The number of fused-ring (bicyclic) bond motifs is 1. The van der Waals surface area contributed by atoms with Gasteiger partial charge in [0.1, 0.15) is 0 Å². The summed E-state index contributed by atoms with van der Waals surface area (Å²) in [4.78, 5) is 0. The van der Waals surface area contributed by atoms with E-state index in [4.69, 9.17) is 0 Å². The van der Waals surface area contributed by atoms with Crippen molar-refractivity contribution >= 4 is 10.0 Å². The molecular formula is C7H13NO2S. The normalized spacial score (nSPS) is 42.1. The zero-order valence-electron chi connectivity index (χ0n) is 6.58. The number of sulfonamides is 1. The van der Waals surface area contributed by atoms with Gasteiger partial charge in [0.15, 0.2) is 0 Å². The molecule has 0 aliphatic heterocycles. The number of hydrogen-bond acceptors (Lipinski definition) is 2. The highest BCUT2D eigenvalue weighted by Gasteiger charge is 2.52. The average Bonchev–Trinajstić information content (AvgIpc) is 2.62. The molecule has 3 unspecified atom stereocenters. The second-order valence-corrected chi connectivity index (χ2v) is 5.63. The predicted octanol–water partition coefficient (Wildman–Crippen LogP) is 0.334. The minimum atomic E-state index is -2.96. The zero-order chi connectivity index (χ0) is 8.06. The Morgan fingerprint density at radius 3 is 2.45 bits per heavy atom. The lowest BCUT2D eigenvalue weighted by atomic mass is 10.2. The molecule has 0 aromatic heterocycles. The van der Waals surface area contributed by atoms with Gasteiger partial charge >= 0.3 is 0 Å². The molecule has 2 fully saturated rings. The van der Waals surface area contributed by atoms with Crippen molar-refractivity contribution in [3.63, 3.8) is 0 Å². The first kappa shape index (κ1) is 7.55. The molecule has 0 aromatic carbocycles. The Morgan fingerprint density at radius 1 is 1.36 bits per heavy atom. The molecule has 2 aliphatic rings. The van der Waals surface area contributed by atoms with Gasteiger partial charge in [-0.1, -0.05) is 0 Å². The SMILES string of the molecule is CNS(=O)(=O)C1CCC2CC21. The van der Waals surface area contributed by atoms with Crippen molar-refractivity contribution in [2.45, 2.75) is 24.5 Å². The van der Waals surface area contributed by atoms with Gasteiger partial charge in [-0.05, 0) is 38.1 Å². The third-order valence-electron chi connectivity index (χ3n) is 2.96. The molecule has 0 spiro atoms. The Kier molecular flexibility index (Phi) is 1.51. The zero-order valence-corrected chi connectivity index (χ0v) is 7.39. The molecule has 2 rings (SSSR count). The van der Waals surface area contributed by atoms with E-state index in [2.05, 4.69) is 4.72 Å². The van der Waals surface area contributed by atoms with Crippen LogP contribution in [0.15, 0.2) is 0 Å². The Hall–Kier alpha value is -0.0900. The molecule has 1 N–H and O–H groups in total. The molecule has 0 heterocycles. The fourth-order valence-electron chi connectivity index (χ4n) is 2.19. The Balaban J connectivity index is 2.16. The second-order valence-electron chi connectivity index (χ2n) is 3.52. The van der Waals surface area contributed by atoms with E-state index >= 15 is 0 Å². The highest BCUT2D eigenvalue weighted by Crippen LogP contribution is 2.53. The quantitative estimate of drug-likeness (QED) is 0.657. The van der Waals surface area contributed by atoms with Crippen LogP contribution in [0.4, 0.5) is 0 Å². The lowest BCUT2D eigenvalue weighted by Gasteiger charge is -2.10. The smallest absolute Gasteiger partial charge is 0.214 e. The van der Waals surface area contributed by atoms with Crippen LogP contribution in [0.2, 0.25) is 0 Å². The summed E-state index contributed by atoms with van der Waals surface area (Å²) in [5, 5.41) is -0.0718. The van der Waals surface area contributed by atoms with Crippen LogP contribution in [-0.2, 0) is 10.0 Å². The summed E-state index contributed by atoms with van der Waals surface area (Å²) in [7, 11) is -1.45. The fraction of sp³-hybridized carbons (Fsp3) is 1.00. The largest absolute Gasteiger partial charge is 0.218 e. The summed E-state index contributed by atoms with van der Waals surface area (Å²) in [5.41, 5.74) is 0. The van der Waals surface area contributed by atoms with Gasteiger partial charge in [-0.3, -0.25) is 0 Å². The van der Waals surface area contributed by atoms with Crippen LogP contribution in [0.1, 0.15) is 19.3 Å². The topological polar surface area (TPSA) is 46.2 Å². The summed E-state index contributed by atoms with van der Waals surface area (Å²) in [6, 6.07) is 0. The highest BCUT2D eigenvalue weighted by molar-refractivity contribution is 7.90. The van der Waals surface area contributed by atoms with Crippen molar-refractivity contribution in [1.82, 2.24) is 4.72 Å². The van der Waals surface area contributed by atoms with E-state index < -0.39 is 10.0 Å². The van der Waals surface area contributed by atoms with Gasteiger partial charge in [0.2, 0.25) is 10.0 Å². The summed E-state index contributed by atoms with van der Waals surface area (Å²) in [5.74, 6) is 1.23. The van der Waals surface area contributed by atoms with Crippen LogP contribution in [0.25, 0.3) is 0 Å². The van der Waals surface area contributed by atoms with Crippen molar-refractivity contribution in [2.24, 2.45) is 11.8 Å². The maximum absolute atomic E-state index is 11.3. The van der Waals surface area contributed by atoms with Crippen molar-refractivity contribution in [3.05, 3.63) is 0 Å². The Bertz CT molecular complexity index is 260. The molecule has 0 radical (unpaired) electrons. The Morgan fingerprint density at radius 2 is 2.09 bits per heavy atom. The molecule has 11 heavy (non-hydrogen) atoms. The van der Waals surface area contributed by atoms with E-state index in [1.165, 1.54) is 7.05 Å². The molecule has 4 heteroatoms. The third-order valence-corrected chi connectivity index (χ3v) is 4.91.